The van der Waals surface area contributed by atoms with E-state index < -0.39 is 18.5 Å². The first-order valence-corrected chi connectivity index (χ1v) is 8.47. The fraction of sp³-hybridized carbons (Fsp3) is 0.263. The Balaban J connectivity index is 1.48. The zero-order valence-corrected chi connectivity index (χ0v) is 15.6. The molecule has 9 heteroatoms. The van der Waals surface area contributed by atoms with Crippen molar-refractivity contribution in [2.75, 3.05) is 11.9 Å². The van der Waals surface area contributed by atoms with Crippen LogP contribution in [0.25, 0.3) is 0 Å². The average Bonchev–Trinajstić information content (AvgIpc) is 3.23. The molecular weight excluding hydrogens is 366 g/mol. The summed E-state index contributed by atoms with van der Waals surface area (Å²) in [6.07, 6.45) is 0. The molecule has 0 atom stereocenters. The highest BCUT2D eigenvalue weighted by atomic mass is 16.5. The Kier molecular flexibility index (Phi) is 5.73. The number of anilines is 1. The molecule has 0 saturated carbocycles. The molecule has 0 aliphatic heterocycles. The van der Waals surface area contributed by atoms with Gasteiger partial charge in [0.05, 0.1) is 16.8 Å². The molecule has 0 spiro atoms. The minimum atomic E-state index is -0.622. The van der Waals surface area contributed by atoms with Gasteiger partial charge in [-0.1, -0.05) is 10.3 Å². The summed E-state index contributed by atoms with van der Waals surface area (Å²) in [6.45, 7) is 5.23. The summed E-state index contributed by atoms with van der Waals surface area (Å²) >= 11 is 0. The van der Waals surface area contributed by atoms with Gasteiger partial charge in [-0.05, 0) is 45.0 Å². The molecule has 0 aliphatic carbocycles. The molecule has 0 bridgehead atoms. The number of aromatic nitrogens is 2. The molecule has 0 aliphatic rings. The van der Waals surface area contributed by atoms with Crippen LogP contribution in [0.15, 0.2) is 39.4 Å². The molecule has 9 nitrogen and oxygen atoms in total. The van der Waals surface area contributed by atoms with Crippen LogP contribution in [0.3, 0.4) is 0 Å². The van der Waals surface area contributed by atoms with E-state index in [2.05, 4.69) is 15.6 Å². The molecule has 0 radical (unpaired) electrons. The lowest BCUT2D eigenvalue weighted by Crippen LogP contribution is -2.21. The first kappa shape index (κ1) is 19.2. The van der Waals surface area contributed by atoms with Gasteiger partial charge in [0.1, 0.15) is 23.9 Å². The smallest absolute Gasteiger partial charge is 0.338 e. The summed E-state index contributed by atoms with van der Waals surface area (Å²) in [6, 6.07) is 7.97. The molecule has 2 aromatic heterocycles. The van der Waals surface area contributed by atoms with Gasteiger partial charge in [-0.2, -0.15) is 0 Å². The molecule has 1 aromatic carbocycles. The van der Waals surface area contributed by atoms with E-state index in [1.807, 2.05) is 13.8 Å². The number of hydrogen-bond donors (Lipinski definition) is 1. The summed E-state index contributed by atoms with van der Waals surface area (Å²) in [5.41, 5.74) is 1.96. The number of carbonyl (C=O) groups excluding carboxylic acids is 2. The normalized spacial score (nSPS) is 10.5. The number of benzene rings is 1. The van der Waals surface area contributed by atoms with Crippen molar-refractivity contribution in [2.24, 2.45) is 0 Å². The van der Waals surface area contributed by atoms with Gasteiger partial charge in [0, 0.05) is 6.07 Å². The van der Waals surface area contributed by atoms with Crippen LogP contribution in [0.1, 0.15) is 33.1 Å². The van der Waals surface area contributed by atoms with Gasteiger partial charge in [0.25, 0.3) is 5.91 Å². The first-order chi connectivity index (χ1) is 13.4. The predicted molar refractivity (Wildman–Crippen MR) is 96.9 cm³/mol. The van der Waals surface area contributed by atoms with E-state index in [-0.39, 0.29) is 5.82 Å². The molecule has 0 unspecified atom stereocenters. The van der Waals surface area contributed by atoms with Crippen molar-refractivity contribution >= 4 is 17.7 Å². The lowest BCUT2D eigenvalue weighted by molar-refractivity contribution is -0.119. The Labute approximate surface area is 160 Å². The fourth-order valence-corrected chi connectivity index (χ4v) is 2.37. The van der Waals surface area contributed by atoms with E-state index in [1.54, 1.807) is 37.3 Å². The maximum absolute atomic E-state index is 12.1. The highest BCUT2D eigenvalue weighted by molar-refractivity contribution is 5.95. The van der Waals surface area contributed by atoms with Crippen molar-refractivity contribution in [3.8, 4) is 5.75 Å². The SMILES string of the molecule is Cc1cc(NC(=O)COC(=O)c2ccc(OCc3c(C)noc3C)cc2)no1. The Hall–Kier alpha value is -3.62. The zero-order valence-electron chi connectivity index (χ0n) is 15.6. The highest BCUT2D eigenvalue weighted by Crippen LogP contribution is 2.18. The molecular formula is C19H19N3O6. The van der Waals surface area contributed by atoms with E-state index in [9.17, 15) is 9.59 Å². The minimum Gasteiger partial charge on any atom is -0.489 e. The van der Waals surface area contributed by atoms with Crippen molar-refractivity contribution in [3.63, 3.8) is 0 Å². The second kappa shape index (κ2) is 8.38. The van der Waals surface area contributed by atoms with Gasteiger partial charge >= 0.3 is 5.97 Å². The van der Waals surface area contributed by atoms with Gasteiger partial charge in [-0.25, -0.2) is 4.79 Å². The van der Waals surface area contributed by atoms with E-state index >= 15 is 0 Å². The van der Waals surface area contributed by atoms with E-state index in [1.165, 1.54) is 0 Å². The van der Waals surface area contributed by atoms with Crippen molar-refractivity contribution < 1.29 is 28.1 Å². The molecule has 28 heavy (non-hydrogen) atoms. The number of amides is 1. The molecule has 1 amide bonds. The maximum Gasteiger partial charge on any atom is 0.338 e. The maximum atomic E-state index is 12.1. The third kappa shape index (κ3) is 4.76. The van der Waals surface area contributed by atoms with Crippen molar-refractivity contribution in [1.82, 2.24) is 10.3 Å². The summed E-state index contributed by atoms with van der Waals surface area (Å²) in [7, 11) is 0. The van der Waals surface area contributed by atoms with Crippen LogP contribution >= 0.6 is 0 Å². The number of esters is 1. The molecule has 146 valence electrons. The lowest BCUT2D eigenvalue weighted by Gasteiger charge is -2.07. The Bertz CT molecular complexity index is 954. The summed E-state index contributed by atoms with van der Waals surface area (Å²) < 4.78 is 20.6. The molecule has 0 saturated heterocycles. The molecule has 3 rings (SSSR count). The first-order valence-electron chi connectivity index (χ1n) is 8.47. The Morgan fingerprint density at radius 1 is 1.07 bits per heavy atom. The number of carbonyl (C=O) groups is 2. The van der Waals surface area contributed by atoms with Crippen molar-refractivity contribution in [1.29, 1.82) is 0 Å². The van der Waals surface area contributed by atoms with Gasteiger partial charge in [0.2, 0.25) is 0 Å². The second-order valence-electron chi connectivity index (χ2n) is 6.06. The fourth-order valence-electron chi connectivity index (χ4n) is 2.37. The minimum absolute atomic E-state index is 0.262. The highest BCUT2D eigenvalue weighted by Gasteiger charge is 2.13. The predicted octanol–water partition coefficient (Wildman–Crippen LogP) is 2.96. The van der Waals surface area contributed by atoms with Crippen LogP contribution in [0, 0.1) is 20.8 Å². The number of nitrogens with one attached hydrogen (secondary N) is 1. The number of rotatable bonds is 7. The Morgan fingerprint density at radius 3 is 2.43 bits per heavy atom. The van der Waals surface area contributed by atoms with Crippen LogP contribution in [-0.2, 0) is 16.1 Å². The number of nitrogens with zero attached hydrogens (tertiary/aromatic N) is 2. The van der Waals surface area contributed by atoms with E-state index in [4.69, 9.17) is 18.5 Å². The molecule has 0 fully saturated rings. The Morgan fingerprint density at radius 2 is 1.82 bits per heavy atom. The van der Waals surface area contributed by atoms with Crippen LogP contribution < -0.4 is 10.1 Å². The number of hydrogen-bond acceptors (Lipinski definition) is 8. The van der Waals surface area contributed by atoms with Gasteiger partial charge < -0.3 is 23.8 Å². The number of ether oxygens (including phenoxy) is 2. The van der Waals surface area contributed by atoms with Gasteiger partial charge in [0.15, 0.2) is 12.4 Å². The third-order valence-corrected chi connectivity index (χ3v) is 3.88. The quantitative estimate of drug-likeness (QED) is 0.617. The monoisotopic (exact) mass is 385 g/mol. The standard InChI is InChI=1S/C19H19N3O6/c1-11-8-17(22-27-11)20-18(23)10-26-19(24)14-4-6-15(7-5-14)25-9-16-12(2)21-28-13(16)3/h4-8H,9-10H2,1-3H3,(H,20,22,23). The third-order valence-electron chi connectivity index (χ3n) is 3.88. The van der Waals surface area contributed by atoms with Crippen molar-refractivity contribution in [3.05, 3.63) is 58.7 Å². The van der Waals surface area contributed by atoms with Gasteiger partial charge in [-0.3, -0.25) is 4.79 Å². The largest absolute Gasteiger partial charge is 0.489 e. The van der Waals surface area contributed by atoms with E-state index in [0.717, 1.165) is 11.3 Å². The molecule has 3 aromatic rings. The van der Waals surface area contributed by atoms with E-state index in [0.29, 0.717) is 29.4 Å². The summed E-state index contributed by atoms with van der Waals surface area (Å²) in [5.74, 6) is 0.972. The number of aryl methyl sites for hydroxylation is 3. The van der Waals surface area contributed by atoms with Crippen LogP contribution in [0.4, 0.5) is 5.82 Å². The van der Waals surface area contributed by atoms with Crippen LogP contribution in [0.2, 0.25) is 0 Å². The van der Waals surface area contributed by atoms with Gasteiger partial charge in [-0.15, -0.1) is 0 Å². The zero-order chi connectivity index (χ0) is 20.1. The molecule has 2 heterocycles. The lowest BCUT2D eigenvalue weighted by atomic mass is 10.2. The topological polar surface area (TPSA) is 117 Å². The molecule has 1 N–H and O–H groups in total. The van der Waals surface area contributed by atoms with Crippen LogP contribution in [-0.4, -0.2) is 28.8 Å². The summed E-state index contributed by atoms with van der Waals surface area (Å²) in [5, 5.41) is 9.96. The second-order valence-corrected chi connectivity index (χ2v) is 6.06. The summed E-state index contributed by atoms with van der Waals surface area (Å²) in [4.78, 5) is 23.8. The average molecular weight is 385 g/mol. The van der Waals surface area contributed by atoms with Crippen LogP contribution in [0.5, 0.6) is 5.75 Å². The van der Waals surface area contributed by atoms with Crippen molar-refractivity contribution in [2.45, 2.75) is 27.4 Å².